The number of piperidine rings is 2. The van der Waals surface area contributed by atoms with Crippen LogP contribution in [0.1, 0.15) is 63.4 Å². The number of aliphatic hydroxyl groups excluding tert-OH is 1. The number of aromatic nitrogens is 3. The number of halogens is 2. The fourth-order valence-corrected chi connectivity index (χ4v) is 12.5. The molecule has 10 nitrogen and oxygen atoms in total. The van der Waals surface area contributed by atoms with E-state index in [1.807, 2.05) is 4.90 Å². The Labute approximate surface area is 315 Å². The van der Waals surface area contributed by atoms with Crippen LogP contribution in [0.4, 0.5) is 14.6 Å². The molecule has 284 valence electrons. The van der Waals surface area contributed by atoms with Gasteiger partial charge in [-0.1, -0.05) is 18.4 Å². The molecule has 9 rings (SSSR count). The summed E-state index contributed by atoms with van der Waals surface area (Å²) >= 11 is 0. The molecule has 5 heterocycles. The number of fused-ring (bicyclic) bond motifs is 4. The van der Waals surface area contributed by atoms with Gasteiger partial charge >= 0.3 is 6.01 Å². The van der Waals surface area contributed by atoms with E-state index in [2.05, 4.69) is 15.8 Å². The van der Waals surface area contributed by atoms with Gasteiger partial charge in [-0.25, -0.2) is 13.8 Å². The van der Waals surface area contributed by atoms with Gasteiger partial charge in [0.25, 0.3) is 0 Å². The normalized spacial score (nSPS) is 29.7. The first-order valence-electron chi connectivity index (χ1n) is 19.2. The molecule has 0 bridgehead atoms. The third-order valence-electron chi connectivity index (χ3n) is 13.0. The van der Waals surface area contributed by atoms with Crippen LogP contribution in [0.25, 0.3) is 32.9 Å². The van der Waals surface area contributed by atoms with Crippen LogP contribution in [0.5, 0.6) is 17.6 Å². The zero-order chi connectivity index (χ0) is 37.3. The molecule has 13 heteroatoms. The minimum absolute atomic E-state index is 0.0156. The molecule has 2 aromatic heterocycles. The lowest BCUT2D eigenvalue weighted by molar-refractivity contribution is -0.0223. The Kier molecular flexibility index (Phi) is 9.14. The standard InChI is InChI=1S/C41H45F2N5O5S/c1-3-29-31(42)10-9-23-17-28(50)18-30(33(23)29)36-35(43)37-34(39(44-36)52-2)38(47-13-5-7-27(49)19-47)46-40(45-37)53-22-41-11-4-8-32(41)48(14-6-12-41)26-15-24-20-54(51)21-25(24)16-26/h1,9-10,17-18,24-27,32,49-50H,4-8,11-16,19-22H2,2H3. The number of pyridine rings is 1. The highest BCUT2D eigenvalue weighted by Gasteiger charge is 2.52. The smallest absolute Gasteiger partial charge is 0.319 e. The molecule has 0 amide bonds. The van der Waals surface area contributed by atoms with E-state index in [9.17, 15) is 14.4 Å². The number of benzene rings is 2. The average Bonchev–Trinajstić information content (AvgIpc) is 3.87. The van der Waals surface area contributed by atoms with E-state index in [1.165, 1.54) is 31.4 Å². The van der Waals surface area contributed by atoms with Crippen LogP contribution in [0.3, 0.4) is 0 Å². The van der Waals surface area contributed by atoms with Crippen molar-refractivity contribution in [2.45, 2.75) is 76.0 Å². The van der Waals surface area contributed by atoms with Gasteiger partial charge in [-0.15, -0.1) is 6.42 Å². The Morgan fingerprint density at radius 3 is 2.59 bits per heavy atom. The van der Waals surface area contributed by atoms with Crippen molar-refractivity contribution in [1.29, 1.82) is 0 Å². The summed E-state index contributed by atoms with van der Waals surface area (Å²) in [5, 5.41) is 22.3. The third kappa shape index (κ3) is 5.96. The van der Waals surface area contributed by atoms with Gasteiger partial charge in [0.05, 0.1) is 25.4 Å². The average molecular weight is 758 g/mol. The number of hydrogen-bond donors (Lipinski definition) is 2. The number of hydrogen-bond acceptors (Lipinski definition) is 10. The van der Waals surface area contributed by atoms with E-state index in [0.29, 0.717) is 61.1 Å². The van der Waals surface area contributed by atoms with Gasteiger partial charge in [0.15, 0.2) is 5.82 Å². The first kappa shape index (κ1) is 35.6. The molecule has 2 aromatic carbocycles. The Hall–Kier alpha value is -4.12. The van der Waals surface area contributed by atoms with Crippen LogP contribution in [-0.2, 0) is 10.8 Å². The summed E-state index contributed by atoms with van der Waals surface area (Å²) in [6.45, 7) is 2.28. The third-order valence-corrected chi connectivity index (χ3v) is 14.6. The monoisotopic (exact) mass is 757 g/mol. The molecule has 2 aliphatic carbocycles. The van der Waals surface area contributed by atoms with Gasteiger partial charge in [0.2, 0.25) is 5.88 Å². The zero-order valence-electron chi connectivity index (χ0n) is 30.4. The first-order chi connectivity index (χ1) is 26.2. The maximum absolute atomic E-state index is 17.2. The fraction of sp³-hybridized carbons (Fsp3) is 0.537. The highest BCUT2D eigenvalue weighted by atomic mass is 32.2. The second-order valence-electron chi connectivity index (χ2n) is 16.1. The summed E-state index contributed by atoms with van der Waals surface area (Å²) < 4.78 is 56.9. The summed E-state index contributed by atoms with van der Waals surface area (Å²) in [6.07, 6.45) is 14.0. The fourth-order valence-electron chi connectivity index (χ4n) is 10.6. The number of phenols is 1. The van der Waals surface area contributed by atoms with E-state index in [0.717, 1.165) is 63.0 Å². The molecular formula is C41H45F2N5O5S. The van der Waals surface area contributed by atoms with Crippen molar-refractivity contribution in [3.05, 3.63) is 41.5 Å². The van der Waals surface area contributed by atoms with Crippen LogP contribution >= 0.6 is 0 Å². The molecule has 2 saturated carbocycles. The Morgan fingerprint density at radius 1 is 1.04 bits per heavy atom. The molecule has 4 aromatic rings. The molecule has 5 atom stereocenters. The summed E-state index contributed by atoms with van der Waals surface area (Å²) in [4.78, 5) is 18.8. The lowest BCUT2D eigenvalue weighted by Crippen LogP contribution is -2.55. The molecule has 5 unspecified atom stereocenters. The number of β-amino-alcohol motifs (C(OH)–C–C–N with tert-alkyl or cyclic N) is 1. The highest BCUT2D eigenvalue weighted by molar-refractivity contribution is 7.85. The quantitative estimate of drug-likeness (QED) is 0.219. The first-order valence-corrected chi connectivity index (χ1v) is 20.7. The van der Waals surface area contributed by atoms with Crippen molar-refractivity contribution in [1.82, 2.24) is 19.9 Å². The van der Waals surface area contributed by atoms with Gasteiger partial charge in [-0.2, -0.15) is 9.97 Å². The largest absolute Gasteiger partial charge is 0.508 e. The number of likely N-dealkylation sites (tertiary alicyclic amines) is 1. The van der Waals surface area contributed by atoms with Gasteiger partial charge in [-0.3, -0.25) is 9.11 Å². The molecule has 54 heavy (non-hydrogen) atoms. The Balaban J connectivity index is 1.13. The molecule has 3 aliphatic heterocycles. The zero-order valence-corrected chi connectivity index (χ0v) is 31.2. The molecule has 3 saturated heterocycles. The van der Waals surface area contributed by atoms with Crippen molar-refractivity contribution < 1.29 is 32.7 Å². The molecule has 0 spiro atoms. The summed E-state index contributed by atoms with van der Waals surface area (Å²) in [6, 6.07) is 6.30. The SMILES string of the molecule is C#Cc1c(F)ccc2cc(O)cc(-c3nc(OC)c4c(N5CCCC(O)C5)nc(OCC56CCCC5N(C5CC7CS(=O)CC7C5)CCC6)nc4c3F)c12. The van der Waals surface area contributed by atoms with Crippen LogP contribution in [0.15, 0.2) is 24.3 Å². The minimum atomic E-state index is -0.829. The van der Waals surface area contributed by atoms with Gasteiger partial charge in [-0.05, 0) is 93.3 Å². The number of aromatic hydroxyl groups is 1. The van der Waals surface area contributed by atoms with Crippen molar-refractivity contribution in [3.8, 4) is 41.2 Å². The van der Waals surface area contributed by atoms with E-state index < -0.39 is 28.5 Å². The van der Waals surface area contributed by atoms with E-state index in [1.54, 1.807) is 0 Å². The number of rotatable bonds is 7. The number of methoxy groups -OCH3 is 1. The van der Waals surface area contributed by atoms with Gasteiger partial charge < -0.3 is 24.6 Å². The predicted octanol–water partition coefficient (Wildman–Crippen LogP) is 5.95. The van der Waals surface area contributed by atoms with Crippen molar-refractivity contribution in [3.63, 3.8) is 0 Å². The molecule has 2 N–H and O–H groups in total. The van der Waals surface area contributed by atoms with Gasteiger partial charge in [0, 0.05) is 63.8 Å². The van der Waals surface area contributed by atoms with Crippen molar-refractivity contribution >= 4 is 38.3 Å². The molecule has 0 radical (unpaired) electrons. The maximum atomic E-state index is 17.2. The summed E-state index contributed by atoms with van der Waals surface area (Å²) in [5.74, 6) is 3.89. The van der Waals surface area contributed by atoms with Crippen LogP contribution < -0.4 is 14.4 Å². The van der Waals surface area contributed by atoms with E-state index in [-0.39, 0.29) is 62.7 Å². The Bertz CT molecular complexity index is 2200. The topological polar surface area (TPSA) is 121 Å². The number of terminal acetylenes is 1. The lowest BCUT2D eigenvalue weighted by Gasteiger charge is -2.48. The lowest BCUT2D eigenvalue weighted by atomic mass is 9.75. The highest BCUT2D eigenvalue weighted by Crippen LogP contribution is 2.52. The second kappa shape index (κ2) is 13.9. The number of aliphatic hydroxyl groups is 1. The van der Waals surface area contributed by atoms with E-state index in [4.69, 9.17) is 25.9 Å². The molecule has 5 fully saturated rings. The number of anilines is 1. The number of nitrogens with zero attached hydrogens (tertiary/aromatic N) is 5. The summed E-state index contributed by atoms with van der Waals surface area (Å²) in [7, 11) is 0.743. The maximum Gasteiger partial charge on any atom is 0.319 e. The van der Waals surface area contributed by atoms with Crippen molar-refractivity contribution in [2.75, 3.05) is 49.8 Å². The predicted molar refractivity (Wildman–Crippen MR) is 203 cm³/mol. The van der Waals surface area contributed by atoms with Crippen LogP contribution in [0.2, 0.25) is 0 Å². The molecule has 5 aliphatic rings. The minimum Gasteiger partial charge on any atom is -0.508 e. The van der Waals surface area contributed by atoms with Gasteiger partial charge in [0.1, 0.15) is 34.0 Å². The van der Waals surface area contributed by atoms with Crippen molar-refractivity contribution in [2.24, 2.45) is 17.3 Å². The van der Waals surface area contributed by atoms with E-state index >= 15 is 8.78 Å². The van der Waals surface area contributed by atoms with Crippen LogP contribution in [-0.4, -0.2) is 97.3 Å². The summed E-state index contributed by atoms with van der Waals surface area (Å²) in [5.41, 5.74) is -0.426. The number of phenolic OH excluding ortho intramolecular Hbond substituents is 1. The second-order valence-corrected chi connectivity index (χ2v) is 17.6. The molecular weight excluding hydrogens is 713 g/mol. The Morgan fingerprint density at radius 2 is 1.83 bits per heavy atom. The number of ether oxygens (including phenoxy) is 2. The van der Waals surface area contributed by atoms with Crippen LogP contribution in [0, 0.1) is 41.2 Å².